The second-order valence-corrected chi connectivity index (χ2v) is 9.24. The molecule has 3 heterocycles. The Morgan fingerprint density at radius 2 is 1.88 bits per heavy atom. The highest BCUT2D eigenvalue weighted by Gasteiger charge is 2.32. The molecule has 1 aliphatic heterocycles. The molecule has 1 fully saturated rings. The lowest BCUT2D eigenvalue weighted by molar-refractivity contribution is -0.137. The van der Waals surface area contributed by atoms with E-state index in [2.05, 4.69) is 15.4 Å². The SMILES string of the molecule is Cn1cc(S(=O)(=O)N2CCCC2)cc1C(=O)Nc1cc(C(F)(F)F)ccc1-n1cncn1. The van der Waals surface area contributed by atoms with Gasteiger partial charge in [0.2, 0.25) is 10.0 Å². The quantitative estimate of drug-likeness (QED) is 0.620. The summed E-state index contributed by atoms with van der Waals surface area (Å²) in [6.07, 6.45) is 0.701. The Kier molecular flexibility index (Phi) is 5.54. The molecular weight excluding hydrogens is 449 g/mol. The largest absolute Gasteiger partial charge is 0.416 e. The van der Waals surface area contributed by atoms with E-state index >= 15 is 0 Å². The van der Waals surface area contributed by atoms with Crippen LogP contribution in [0.5, 0.6) is 0 Å². The molecule has 0 spiro atoms. The summed E-state index contributed by atoms with van der Waals surface area (Å²) in [5.41, 5.74) is -0.964. The summed E-state index contributed by atoms with van der Waals surface area (Å²) in [5.74, 6) is -0.768. The third-order valence-electron chi connectivity index (χ3n) is 5.15. The summed E-state index contributed by atoms with van der Waals surface area (Å²) in [6.45, 7) is 0.814. The average Bonchev–Trinajstić information content (AvgIpc) is 3.49. The minimum atomic E-state index is -4.62. The smallest absolute Gasteiger partial charge is 0.345 e. The number of alkyl halides is 3. The maximum Gasteiger partial charge on any atom is 0.416 e. The number of aromatic nitrogens is 4. The van der Waals surface area contributed by atoms with Crippen LogP contribution in [0.25, 0.3) is 5.69 Å². The van der Waals surface area contributed by atoms with E-state index in [-0.39, 0.29) is 22.0 Å². The molecule has 0 radical (unpaired) electrons. The standard InChI is InChI=1S/C19H19F3N6O3S/c1-26-10-14(32(30,31)27-6-2-3-7-27)9-17(26)18(29)25-15-8-13(19(20,21)22)4-5-16(15)28-12-23-11-24-28/h4-5,8-12H,2-3,6-7H2,1H3,(H,25,29). The van der Waals surface area contributed by atoms with Crippen molar-refractivity contribution in [2.24, 2.45) is 7.05 Å². The normalized spacial score (nSPS) is 15.2. The average molecular weight is 468 g/mol. The first-order valence-corrected chi connectivity index (χ1v) is 11.1. The Balaban J connectivity index is 1.68. The third-order valence-corrected chi connectivity index (χ3v) is 7.02. The molecule has 3 aromatic rings. The van der Waals surface area contributed by atoms with Gasteiger partial charge in [-0.1, -0.05) is 0 Å². The summed E-state index contributed by atoms with van der Waals surface area (Å²) in [6, 6.07) is 4.04. The number of rotatable bonds is 5. The molecule has 0 atom stereocenters. The summed E-state index contributed by atoms with van der Waals surface area (Å²) < 4.78 is 69.1. The number of hydrogen-bond donors (Lipinski definition) is 1. The predicted octanol–water partition coefficient (Wildman–Crippen LogP) is 2.66. The summed E-state index contributed by atoms with van der Waals surface area (Å²) >= 11 is 0. The number of amides is 1. The minimum Gasteiger partial charge on any atom is -0.345 e. The van der Waals surface area contributed by atoms with Crippen molar-refractivity contribution in [3.63, 3.8) is 0 Å². The fourth-order valence-corrected chi connectivity index (χ4v) is 5.10. The predicted molar refractivity (Wildman–Crippen MR) is 108 cm³/mol. The number of nitrogens with one attached hydrogen (secondary N) is 1. The summed E-state index contributed by atoms with van der Waals surface area (Å²) in [4.78, 5) is 16.6. The molecule has 9 nitrogen and oxygen atoms in total. The Bertz CT molecular complexity index is 1250. The number of halogens is 3. The number of sulfonamides is 1. The molecule has 1 aliphatic rings. The van der Waals surface area contributed by atoms with Crippen molar-refractivity contribution in [1.29, 1.82) is 0 Å². The molecule has 0 unspecified atom stereocenters. The minimum absolute atomic E-state index is 0.0234. The molecule has 1 amide bonds. The number of nitrogens with zero attached hydrogens (tertiary/aromatic N) is 5. The fourth-order valence-electron chi connectivity index (χ4n) is 3.51. The van der Waals surface area contributed by atoms with E-state index in [1.54, 1.807) is 0 Å². The van der Waals surface area contributed by atoms with E-state index in [1.807, 2.05) is 0 Å². The zero-order valence-corrected chi connectivity index (χ0v) is 17.7. The molecule has 2 aromatic heterocycles. The van der Waals surface area contributed by atoms with Crippen molar-refractivity contribution in [3.8, 4) is 5.69 Å². The van der Waals surface area contributed by atoms with E-state index in [1.165, 1.54) is 51.6 Å². The second-order valence-electron chi connectivity index (χ2n) is 7.31. The number of carbonyl (C=O) groups excluding carboxylic acids is 1. The van der Waals surface area contributed by atoms with Gasteiger partial charge in [-0.15, -0.1) is 0 Å². The summed E-state index contributed by atoms with van der Waals surface area (Å²) in [7, 11) is -2.27. The third kappa shape index (κ3) is 4.12. The first kappa shape index (κ1) is 22.0. The van der Waals surface area contributed by atoms with Crippen molar-refractivity contribution in [2.45, 2.75) is 23.9 Å². The van der Waals surface area contributed by atoms with Gasteiger partial charge in [0.15, 0.2) is 0 Å². The molecule has 1 N–H and O–H groups in total. The molecule has 0 saturated carbocycles. The molecule has 170 valence electrons. The van der Waals surface area contributed by atoms with Crippen LogP contribution in [-0.4, -0.2) is 51.1 Å². The van der Waals surface area contributed by atoms with Crippen LogP contribution in [0.3, 0.4) is 0 Å². The fraction of sp³-hybridized carbons (Fsp3) is 0.316. The van der Waals surface area contributed by atoms with Crippen molar-refractivity contribution < 1.29 is 26.4 Å². The van der Waals surface area contributed by atoms with E-state index in [9.17, 15) is 26.4 Å². The van der Waals surface area contributed by atoms with Gasteiger partial charge in [-0.3, -0.25) is 4.79 Å². The molecule has 0 bridgehead atoms. The molecule has 4 rings (SSSR count). The van der Waals surface area contributed by atoms with Crippen molar-refractivity contribution in [3.05, 3.63) is 54.4 Å². The first-order chi connectivity index (χ1) is 15.1. The van der Waals surface area contributed by atoms with Crippen LogP contribution in [0.15, 0.2) is 48.0 Å². The molecule has 0 aliphatic carbocycles. The van der Waals surface area contributed by atoms with Gasteiger partial charge in [-0.2, -0.15) is 22.6 Å². The van der Waals surface area contributed by atoms with Gasteiger partial charge in [0.25, 0.3) is 5.91 Å². The highest BCUT2D eigenvalue weighted by Crippen LogP contribution is 2.33. The van der Waals surface area contributed by atoms with Gasteiger partial charge < -0.3 is 9.88 Å². The maximum atomic E-state index is 13.2. The Morgan fingerprint density at radius 3 is 2.50 bits per heavy atom. The number of hydrogen-bond acceptors (Lipinski definition) is 5. The van der Waals surface area contributed by atoms with Crippen LogP contribution in [-0.2, 0) is 23.2 Å². The molecule has 1 aromatic carbocycles. The lowest BCUT2D eigenvalue weighted by Crippen LogP contribution is -2.27. The van der Waals surface area contributed by atoms with Crippen LogP contribution < -0.4 is 5.32 Å². The Hall–Kier alpha value is -3.19. The van der Waals surface area contributed by atoms with E-state index in [4.69, 9.17) is 0 Å². The molecule has 13 heteroatoms. The van der Waals surface area contributed by atoms with Gasteiger partial charge in [-0.25, -0.2) is 18.1 Å². The van der Waals surface area contributed by atoms with E-state index < -0.39 is 27.7 Å². The number of benzene rings is 1. The van der Waals surface area contributed by atoms with Gasteiger partial charge >= 0.3 is 6.18 Å². The van der Waals surface area contributed by atoms with E-state index in [0.29, 0.717) is 13.1 Å². The zero-order chi connectivity index (χ0) is 23.1. The Morgan fingerprint density at radius 1 is 1.16 bits per heavy atom. The van der Waals surface area contributed by atoms with Gasteiger partial charge in [0, 0.05) is 26.3 Å². The number of anilines is 1. The number of carbonyl (C=O) groups is 1. The first-order valence-electron chi connectivity index (χ1n) is 9.61. The number of aryl methyl sites for hydroxylation is 1. The van der Waals surface area contributed by atoms with Crippen LogP contribution in [0.2, 0.25) is 0 Å². The monoisotopic (exact) mass is 468 g/mol. The van der Waals surface area contributed by atoms with Crippen LogP contribution in [0, 0.1) is 0 Å². The van der Waals surface area contributed by atoms with Crippen LogP contribution in [0.4, 0.5) is 18.9 Å². The maximum absolute atomic E-state index is 13.2. The highest BCUT2D eigenvalue weighted by atomic mass is 32.2. The molecule has 1 saturated heterocycles. The molecule has 32 heavy (non-hydrogen) atoms. The summed E-state index contributed by atoms with van der Waals surface area (Å²) in [5, 5.41) is 6.35. The Labute approximate surface area is 181 Å². The van der Waals surface area contributed by atoms with Gasteiger partial charge in [0.05, 0.1) is 16.9 Å². The van der Waals surface area contributed by atoms with E-state index in [0.717, 1.165) is 25.0 Å². The molecular formula is C19H19F3N6O3S. The van der Waals surface area contributed by atoms with Crippen molar-refractivity contribution in [2.75, 3.05) is 18.4 Å². The van der Waals surface area contributed by atoms with Crippen molar-refractivity contribution in [1.82, 2.24) is 23.6 Å². The van der Waals surface area contributed by atoms with Crippen LogP contribution >= 0.6 is 0 Å². The van der Waals surface area contributed by atoms with Crippen LogP contribution in [0.1, 0.15) is 28.9 Å². The topological polar surface area (TPSA) is 102 Å². The lowest BCUT2D eigenvalue weighted by atomic mass is 10.1. The lowest BCUT2D eigenvalue weighted by Gasteiger charge is -2.14. The van der Waals surface area contributed by atoms with Gasteiger partial charge in [-0.05, 0) is 37.1 Å². The van der Waals surface area contributed by atoms with Crippen molar-refractivity contribution >= 4 is 21.6 Å². The zero-order valence-electron chi connectivity index (χ0n) is 16.9. The highest BCUT2D eigenvalue weighted by molar-refractivity contribution is 7.89. The second kappa shape index (κ2) is 8.06. The van der Waals surface area contributed by atoms with Gasteiger partial charge in [0.1, 0.15) is 23.2 Å².